The summed E-state index contributed by atoms with van der Waals surface area (Å²) in [6.45, 7) is 0. The third-order valence-electron chi connectivity index (χ3n) is 2.34. The predicted octanol–water partition coefficient (Wildman–Crippen LogP) is 2.91. The molecule has 2 aromatic rings. The molecule has 1 aromatic heterocycles. The summed E-state index contributed by atoms with van der Waals surface area (Å²) in [4.78, 5) is 4.45. The molecule has 1 heterocycles. The molecule has 5 heteroatoms. The van der Waals surface area contributed by atoms with E-state index in [4.69, 9.17) is 0 Å². The zero-order valence-corrected chi connectivity index (χ0v) is 11.5. The van der Waals surface area contributed by atoms with Gasteiger partial charge < -0.3 is 0 Å². The molecule has 0 fully saturated rings. The van der Waals surface area contributed by atoms with Crippen molar-refractivity contribution >= 4 is 25.8 Å². The Kier molecular flexibility index (Phi) is 3.31. The monoisotopic (exact) mass is 311 g/mol. The molecular weight excluding hydrogens is 302 g/mol. The SMILES string of the molecule is CS(=O)(=O)c1ccc(-c2ccc(Br)nc2)cc1. The van der Waals surface area contributed by atoms with E-state index >= 15 is 0 Å². The van der Waals surface area contributed by atoms with Crippen LogP contribution in [0.5, 0.6) is 0 Å². The highest BCUT2D eigenvalue weighted by Crippen LogP contribution is 2.21. The van der Waals surface area contributed by atoms with Crippen molar-refractivity contribution in [3.63, 3.8) is 0 Å². The van der Waals surface area contributed by atoms with E-state index in [0.29, 0.717) is 4.90 Å². The molecule has 0 saturated carbocycles. The summed E-state index contributed by atoms with van der Waals surface area (Å²) in [6.07, 6.45) is 2.93. The number of sulfone groups is 1. The average Bonchev–Trinajstić information content (AvgIpc) is 2.29. The van der Waals surface area contributed by atoms with Gasteiger partial charge in [0.05, 0.1) is 4.90 Å². The zero-order chi connectivity index (χ0) is 12.5. The van der Waals surface area contributed by atoms with Crippen LogP contribution in [0.25, 0.3) is 11.1 Å². The molecule has 3 nitrogen and oxygen atoms in total. The highest BCUT2D eigenvalue weighted by atomic mass is 79.9. The minimum absolute atomic E-state index is 0.325. The summed E-state index contributed by atoms with van der Waals surface area (Å²) in [5.74, 6) is 0. The van der Waals surface area contributed by atoms with E-state index in [2.05, 4.69) is 20.9 Å². The topological polar surface area (TPSA) is 47.0 Å². The van der Waals surface area contributed by atoms with E-state index in [1.54, 1.807) is 30.5 Å². The van der Waals surface area contributed by atoms with Gasteiger partial charge >= 0.3 is 0 Å². The largest absolute Gasteiger partial charge is 0.249 e. The van der Waals surface area contributed by atoms with Gasteiger partial charge in [-0.15, -0.1) is 0 Å². The maximum absolute atomic E-state index is 11.3. The second-order valence-corrected chi connectivity index (χ2v) is 6.49. The van der Waals surface area contributed by atoms with E-state index in [1.807, 2.05) is 12.1 Å². The molecule has 0 aliphatic heterocycles. The van der Waals surface area contributed by atoms with E-state index in [0.717, 1.165) is 15.7 Å². The van der Waals surface area contributed by atoms with Crippen LogP contribution in [0.15, 0.2) is 52.1 Å². The van der Waals surface area contributed by atoms with Gasteiger partial charge in [0.25, 0.3) is 0 Å². The lowest BCUT2D eigenvalue weighted by atomic mass is 10.1. The van der Waals surface area contributed by atoms with Crippen LogP contribution in [0.4, 0.5) is 0 Å². The van der Waals surface area contributed by atoms with E-state index in [1.165, 1.54) is 6.26 Å². The second-order valence-electron chi connectivity index (χ2n) is 3.67. The molecule has 2 rings (SSSR count). The second kappa shape index (κ2) is 4.58. The number of benzene rings is 1. The Bertz CT molecular complexity index is 619. The van der Waals surface area contributed by atoms with E-state index in [-0.39, 0.29) is 0 Å². The molecule has 0 N–H and O–H groups in total. The van der Waals surface area contributed by atoms with Gasteiger partial charge in [0, 0.05) is 18.0 Å². The van der Waals surface area contributed by atoms with Crippen LogP contribution in [0.1, 0.15) is 0 Å². The maximum Gasteiger partial charge on any atom is 0.175 e. The number of hydrogen-bond donors (Lipinski definition) is 0. The summed E-state index contributed by atoms with van der Waals surface area (Å²) >= 11 is 3.27. The summed E-state index contributed by atoms with van der Waals surface area (Å²) in [7, 11) is -3.13. The van der Waals surface area contributed by atoms with Crippen LogP contribution in [0.3, 0.4) is 0 Å². The van der Waals surface area contributed by atoms with Gasteiger partial charge in [0.15, 0.2) is 9.84 Å². The fraction of sp³-hybridized carbons (Fsp3) is 0.0833. The fourth-order valence-electron chi connectivity index (χ4n) is 1.44. The van der Waals surface area contributed by atoms with Crippen LogP contribution >= 0.6 is 15.9 Å². The van der Waals surface area contributed by atoms with Gasteiger partial charge in [-0.2, -0.15) is 0 Å². The molecule has 0 spiro atoms. The summed E-state index contributed by atoms with van der Waals surface area (Å²) in [6, 6.07) is 10.5. The quantitative estimate of drug-likeness (QED) is 0.801. The Labute approximate surface area is 109 Å². The van der Waals surface area contributed by atoms with Crippen molar-refractivity contribution in [1.82, 2.24) is 4.98 Å². The molecule has 1 aromatic carbocycles. The molecule has 0 amide bonds. The molecule has 0 bridgehead atoms. The number of pyridine rings is 1. The molecule has 88 valence electrons. The third kappa shape index (κ3) is 2.92. The van der Waals surface area contributed by atoms with Gasteiger partial charge in [-0.3, -0.25) is 0 Å². The third-order valence-corrected chi connectivity index (χ3v) is 3.94. The predicted molar refractivity (Wildman–Crippen MR) is 70.5 cm³/mol. The Hall–Kier alpha value is -1.20. The summed E-state index contributed by atoms with van der Waals surface area (Å²) < 4.78 is 23.4. The lowest BCUT2D eigenvalue weighted by molar-refractivity contribution is 0.602. The van der Waals surface area contributed by atoms with Gasteiger partial charge in [-0.25, -0.2) is 13.4 Å². The maximum atomic E-state index is 11.3. The molecule has 0 unspecified atom stereocenters. The van der Waals surface area contributed by atoms with Gasteiger partial charge in [-0.05, 0) is 39.7 Å². The van der Waals surface area contributed by atoms with Crippen molar-refractivity contribution < 1.29 is 8.42 Å². The lowest BCUT2D eigenvalue weighted by Gasteiger charge is -2.03. The van der Waals surface area contributed by atoms with Crippen molar-refractivity contribution in [2.24, 2.45) is 0 Å². The van der Waals surface area contributed by atoms with E-state index < -0.39 is 9.84 Å². The fourth-order valence-corrected chi connectivity index (χ4v) is 2.31. The minimum Gasteiger partial charge on any atom is -0.249 e. The number of aromatic nitrogens is 1. The number of hydrogen-bond acceptors (Lipinski definition) is 3. The first-order valence-corrected chi connectivity index (χ1v) is 7.57. The Morgan fingerprint density at radius 1 is 1.00 bits per heavy atom. The lowest BCUT2D eigenvalue weighted by Crippen LogP contribution is -1.96. The number of halogens is 1. The average molecular weight is 312 g/mol. The molecule has 17 heavy (non-hydrogen) atoms. The Morgan fingerprint density at radius 3 is 2.06 bits per heavy atom. The van der Waals surface area contributed by atoms with Crippen LogP contribution < -0.4 is 0 Å². The summed E-state index contributed by atoms with van der Waals surface area (Å²) in [5.41, 5.74) is 1.89. The van der Waals surface area contributed by atoms with Crippen molar-refractivity contribution in [2.45, 2.75) is 4.90 Å². The smallest absolute Gasteiger partial charge is 0.175 e. The van der Waals surface area contributed by atoms with Crippen LogP contribution in [0, 0.1) is 0 Å². The number of rotatable bonds is 2. The van der Waals surface area contributed by atoms with Crippen molar-refractivity contribution in [3.8, 4) is 11.1 Å². The molecule has 0 radical (unpaired) electrons. The highest BCUT2D eigenvalue weighted by molar-refractivity contribution is 9.10. The first-order chi connectivity index (χ1) is 7.97. The van der Waals surface area contributed by atoms with Crippen molar-refractivity contribution in [3.05, 3.63) is 47.2 Å². The Morgan fingerprint density at radius 2 is 1.59 bits per heavy atom. The zero-order valence-electron chi connectivity index (χ0n) is 9.09. The van der Waals surface area contributed by atoms with Gasteiger partial charge in [0.2, 0.25) is 0 Å². The van der Waals surface area contributed by atoms with Crippen LogP contribution in [-0.2, 0) is 9.84 Å². The highest BCUT2D eigenvalue weighted by Gasteiger charge is 2.06. The van der Waals surface area contributed by atoms with E-state index in [9.17, 15) is 8.42 Å². The standard InChI is InChI=1S/C12H10BrNO2S/c1-17(15,16)11-5-2-9(3-6-11)10-4-7-12(13)14-8-10/h2-8H,1H3. The van der Waals surface area contributed by atoms with Crippen LogP contribution in [-0.4, -0.2) is 19.7 Å². The summed E-state index contributed by atoms with van der Waals surface area (Å²) in [5, 5.41) is 0. The molecule has 0 aliphatic carbocycles. The molecule has 0 atom stereocenters. The minimum atomic E-state index is -3.13. The van der Waals surface area contributed by atoms with Gasteiger partial charge in [-0.1, -0.05) is 18.2 Å². The number of nitrogens with zero attached hydrogens (tertiary/aromatic N) is 1. The molecule has 0 aliphatic rings. The molecule has 0 saturated heterocycles. The van der Waals surface area contributed by atoms with Crippen molar-refractivity contribution in [2.75, 3.05) is 6.26 Å². The normalized spacial score (nSPS) is 11.4. The first-order valence-electron chi connectivity index (χ1n) is 4.89. The first kappa shape index (κ1) is 12.3. The molecular formula is C12H10BrNO2S. The van der Waals surface area contributed by atoms with Crippen LogP contribution in [0.2, 0.25) is 0 Å². The Balaban J connectivity index is 2.39. The van der Waals surface area contributed by atoms with Crippen molar-refractivity contribution in [1.29, 1.82) is 0 Å². The van der Waals surface area contributed by atoms with Gasteiger partial charge in [0.1, 0.15) is 4.60 Å².